The summed E-state index contributed by atoms with van der Waals surface area (Å²) in [6.45, 7) is 3.90. The minimum Gasteiger partial charge on any atom is -0.334 e. The van der Waals surface area contributed by atoms with Gasteiger partial charge in [-0.3, -0.25) is 9.79 Å². The highest BCUT2D eigenvalue weighted by molar-refractivity contribution is 6.08. The summed E-state index contributed by atoms with van der Waals surface area (Å²) < 4.78 is 0. The highest BCUT2D eigenvalue weighted by Crippen LogP contribution is 2.50. The minimum absolute atomic E-state index is 0.0445. The zero-order valence-electron chi connectivity index (χ0n) is 15.4. The van der Waals surface area contributed by atoms with Crippen LogP contribution < -0.4 is 5.32 Å². The second-order valence-corrected chi connectivity index (χ2v) is 7.62. The SMILES string of the molecule is CCC1=N[C@@]2(CC[C@@H]3CN(C(=O)NCc4ccccc4)C[C@@H]32)C(=O)N1C. The molecule has 0 radical (unpaired) electrons. The van der Waals surface area contributed by atoms with Crippen molar-refractivity contribution in [3.8, 4) is 0 Å². The number of hydrogen-bond donors (Lipinski definition) is 1. The van der Waals surface area contributed by atoms with Gasteiger partial charge in [-0.05, 0) is 24.3 Å². The van der Waals surface area contributed by atoms with Crippen LogP contribution in [0.2, 0.25) is 0 Å². The zero-order chi connectivity index (χ0) is 18.3. The molecule has 1 saturated carbocycles. The molecule has 1 N–H and O–H groups in total. The molecule has 3 atom stereocenters. The van der Waals surface area contributed by atoms with E-state index in [1.807, 2.05) is 49.2 Å². The van der Waals surface area contributed by atoms with Crippen molar-refractivity contribution in [3.05, 3.63) is 35.9 Å². The predicted octanol–water partition coefficient (Wildman–Crippen LogP) is 2.26. The number of aliphatic imine (C=N–C) groups is 1. The second-order valence-electron chi connectivity index (χ2n) is 7.62. The van der Waals surface area contributed by atoms with E-state index >= 15 is 0 Å². The summed E-state index contributed by atoms with van der Waals surface area (Å²) in [6.07, 6.45) is 2.55. The van der Waals surface area contributed by atoms with E-state index in [-0.39, 0.29) is 17.9 Å². The maximum Gasteiger partial charge on any atom is 0.317 e. The lowest BCUT2D eigenvalue weighted by molar-refractivity contribution is -0.131. The number of nitrogens with zero attached hydrogens (tertiary/aromatic N) is 3. The van der Waals surface area contributed by atoms with Gasteiger partial charge >= 0.3 is 6.03 Å². The van der Waals surface area contributed by atoms with Crippen molar-refractivity contribution in [1.29, 1.82) is 0 Å². The molecular weight excluding hydrogens is 328 g/mol. The molecule has 138 valence electrons. The van der Waals surface area contributed by atoms with Crippen molar-refractivity contribution in [2.24, 2.45) is 16.8 Å². The molecule has 4 rings (SSSR count). The first-order chi connectivity index (χ1) is 12.5. The number of carbonyl (C=O) groups is 2. The Hall–Kier alpha value is -2.37. The number of likely N-dealkylation sites (tertiary alicyclic amines) is 1. The number of fused-ring (bicyclic) bond motifs is 2. The summed E-state index contributed by atoms with van der Waals surface area (Å²) in [4.78, 5) is 34.0. The summed E-state index contributed by atoms with van der Waals surface area (Å²) in [7, 11) is 1.83. The van der Waals surface area contributed by atoms with Gasteiger partial charge in [0.15, 0.2) is 0 Å². The molecule has 1 spiro atoms. The molecule has 6 heteroatoms. The highest BCUT2D eigenvalue weighted by atomic mass is 16.2. The molecule has 26 heavy (non-hydrogen) atoms. The number of likely N-dealkylation sites (N-methyl/N-ethyl adjacent to an activating group) is 1. The number of urea groups is 1. The van der Waals surface area contributed by atoms with E-state index in [0.717, 1.165) is 37.2 Å². The summed E-state index contributed by atoms with van der Waals surface area (Å²) in [5.74, 6) is 1.51. The first-order valence-corrected chi connectivity index (χ1v) is 9.48. The molecule has 0 unspecified atom stereocenters. The number of amides is 3. The molecule has 0 aromatic heterocycles. The van der Waals surface area contributed by atoms with E-state index in [2.05, 4.69) is 5.32 Å². The molecule has 0 bridgehead atoms. The number of hydrogen-bond acceptors (Lipinski definition) is 3. The monoisotopic (exact) mass is 354 g/mol. The third-order valence-corrected chi connectivity index (χ3v) is 6.23. The third-order valence-electron chi connectivity index (χ3n) is 6.23. The lowest BCUT2D eigenvalue weighted by atomic mass is 9.85. The van der Waals surface area contributed by atoms with Gasteiger partial charge in [-0.25, -0.2) is 4.79 Å². The van der Waals surface area contributed by atoms with Crippen molar-refractivity contribution in [3.63, 3.8) is 0 Å². The van der Waals surface area contributed by atoms with Crippen LogP contribution in [-0.4, -0.2) is 53.2 Å². The second kappa shape index (κ2) is 6.41. The number of carbonyl (C=O) groups excluding carboxylic acids is 2. The molecule has 2 heterocycles. The lowest BCUT2D eigenvalue weighted by Crippen LogP contribution is -2.46. The average Bonchev–Trinajstić information content (AvgIpc) is 3.30. The van der Waals surface area contributed by atoms with E-state index in [1.165, 1.54) is 0 Å². The first-order valence-electron chi connectivity index (χ1n) is 9.48. The van der Waals surface area contributed by atoms with Gasteiger partial charge in [0.2, 0.25) is 0 Å². The van der Waals surface area contributed by atoms with Gasteiger partial charge in [0.1, 0.15) is 11.4 Å². The van der Waals surface area contributed by atoms with Crippen molar-refractivity contribution in [2.75, 3.05) is 20.1 Å². The zero-order valence-corrected chi connectivity index (χ0v) is 15.4. The van der Waals surface area contributed by atoms with Gasteiger partial charge in [0.25, 0.3) is 5.91 Å². The molecule has 1 aromatic rings. The number of rotatable bonds is 3. The Kier molecular flexibility index (Phi) is 4.21. The third kappa shape index (κ3) is 2.59. The first kappa shape index (κ1) is 17.1. The standard InChI is InChI=1S/C20H26N4O2/c1-3-17-22-20(18(25)23(17)2)10-9-15-12-24(13-16(15)20)19(26)21-11-14-7-5-4-6-8-14/h4-8,15-16H,3,9-13H2,1-2H3,(H,21,26)/t15-,16+,20-/m1/s1. The van der Waals surface area contributed by atoms with Gasteiger partial charge in [0.05, 0.1) is 0 Å². The fraction of sp³-hybridized carbons (Fsp3) is 0.550. The topological polar surface area (TPSA) is 65.0 Å². The Balaban J connectivity index is 1.44. The van der Waals surface area contributed by atoms with Crippen molar-refractivity contribution >= 4 is 17.8 Å². The van der Waals surface area contributed by atoms with Gasteiger partial charge in [-0.2, -0.15) is 0 Å². The molecule has 3 amide bonds. The molecule has 1 aliphatic carbocycles. The van der Waals surface area contributed by atoms with E-state index in [0.29, 0.717) is 19.0 Å². The lowest BCUT2D eigenvalue weighted by Gasteiger charge is -2.27. The van der Waals surface area contributed by atoms with E-state index < -0.39 is 5.54 Å². The quantitative estimate of drug-likeness (QED) is 0.905. The summed E-state index contributed by atoms with van der Waals surface area (Å²) in [5.41, 5.74) is 0.459. The number of benzene rings is 1. The Morgan fingerprint density at radius 3 is 2.77 bits per heavy atom. The summed E-state index contributed by atoms with van der Waals surface area (Å²) >= 11 is 0. The largest absolute Gasteiger partial charge is 0.334 e. The van der Waals surface area contributed by atoms with Crippen LogP contribution in [-0.2, 0) is 11.3 Å². The number of amidine groups is 1. The molecule has 6 nitrogen and oxygen atoms in total. The van der Waals surface area contributed by atoms with Gasteiger partial charge in [-0.15, -0.1) is 0 Å². The fourth-order valence-corrected chi connectivity index (χ4v) is 4.83. The minimum atomic E-state index is -0.626. The van der Waals surface area contributed by atoms with Crippen molar-refractivity contribution < 1.29 is 9.59 Å². The van der Waals surface area contributed by atoms with E-state index in [1.54, 1.807) is 4.90 Å². The molecule has 3 aliphatic rings. The van der Waals surface area contributed by atoms with Gasteiger partial charge in [-0.1, -0.05) is 37.3 Å². The molecule has 1 aromatic carbocycles. The van der Waals surface area contributed by atoms with Crippen molar-refractivity contribution in [1.82, 2.24) is 15.1 Å². The van der Waals surface area contributed by atoms with E-state index in [4.69, 9.17) is 4.99 Å². The van der Waals surface area contributed by atoms with Crippen LogP contribution in [0.5, 0.6) is 0 Å². The van der Waals surface area contributed by atoms with Crippen LogP contribution in [0.1, 0.15) is 31.7 Å². The normalized spacial score (nSPS) is 30.1. The smallest absolute Gasteiger partial charge is 0.317 e. The fourth-order valence-electron chi connectivity index (χ4n) is 4.83. The Morgan fingerprint density at radius 2 is 2.08 bits per heavy atom. The Labute approximate surface area is 154 Å². The highest BCUT2D eigenvalue weighted by Gasteiger charge is 2.60. The van der Waals surface area contributed by atoms with Crippen LogP contribution in [0.25, 0.3) is 0 Å². The van der Waals surface area contributed by atoms with Crippen LogP contribution in [0, 0.1) is 11.8 Å². The van der Waals surface area contributed by atoms with Crippen molar-refractivity contribution in [2.45, 2.75) is 38.3 Å². The summed E-state index contributed by atoms with van der Waals surface area (Å²) in [5, 5.41) is 3.00. The Bertz CT molecular complexity index is 747. The maximum atomic E-state index is 12.9. The predicted molar refractivity (Wildman–Crippen MR) is 99.7 cm³/mol. The van der Waals surface area contributed by atoms with Crippen LogP contribution in [0.15, 0.2) is 35.3 Å². The van der Waals surface area contributed by atoms with E-state index in [9.17, 15) is 9.59 Å². The number of nitrogens with one attached hydrogen (secondary N) is 1. The van der Waals surface area contributed by atoms with Gasteiger partial charge < -0.3 is 15.1 Å². The van der Waals surface area contributed by atoms with Crippen LogP contribution in [0.4, 0.5) is 4.79 Å². The Morgan fingerprint density at radius 1 is 1.31 bits per heavy atom. The van der Waals surface area contributed by atoms with Crippen LogP contribution in [0.3, 0.4) is 0 Å². The maximum absolute atomic E-state index is 12.9. The molecule has 2 aliphatic heterocycles. The summed E-state index contributed by atoms with van der Waals surface area (Å²) in [6, 6.07) is 9.86. The van der Waals surface area contributed by atoms with Gasteiger partial charge in [0, 0.05) is 39.0 Å². The van der Waals surface area contributed by atoms with Crippen LogP contribution >= 0.6 is 0 Å². The molecular formula is C20H26N4O2. The average molecular weight is 354 g/mol. The molecule has 1 saturated heterocycles. The molecule has 2 fully saturated rings.